The van der Waals surface area contributed by atoms with Crippen LogP contribution in [0.4, 0.5) is 0 Å². The van der Waals surface area contributed by atoms with Gasteiger partial charge < -0.3 is 5.11 Å². The monoisotopic (exact) mass is 342 g/mol. The highest BCUT2D eigenvalue weighted by molar-refractivity contribution is 7.55. The Labute approximate surface area is 149 Å². The molecule has 0 aliphatic heterocycles. The Bertz CT molecular complexity index is 568. The fourth-order valence-corrected chi connectivity index (χ4v) is 4.36. The van der Waals surface area contributed by atoms with Gasteiger partial charge in [0, 0.05) is 6.61 Å². The van der Waals surface area contributed by atoms with Gasteiger partial charge in [0.15, 0.2) is 0 Å². The highest BCUT2D eigenvalue weighted by Crippen LogP contribution is 2.55. The highest BCUT2D eigenvalue weighted by atomic mass is 31.1. The second-order valence-corrected chi connectivity index (χ2v) is 9.14. The van der Waals surface area contributed by atoms with E-state index in [0.29, 0.717) is 12.0 Å². The first-order valence-corrected chi connectivity index (χ1v) is 9.87. The fraction of sp³-hybridized carbons (Fsp3) is 0.455. The van der Waals surface area contributed by atoms with E-state index in [2.05, 4.69) is 88.4 Å². The van der Waals surface area contributed by atoms with Crippen molar-refractivity contribution in [2.24, 2.45) is 16.7 Å². The van der Waals surface area contributed by atoms with Crippen molar-refractivity contribution in [3.05, 3.63) is 60.7 Å². The molecule has 0 aromatic heterocycles. The molecular weight excluding hydrogens is 311 g/mol. The molecule has 0 saturated heterocycles. The summed E-state index contributed by atoms with van der Waals surface area (Å²) in [6.45, 7) is 9.39. The molecule has 0 heterocycles. The maximum atomic E-state index is 9.28. The lowest BCUT2D eigenvalue weighted by Crippen LogP contribution is -2.36. The van der Waals surface area contributed by atoms with Gasteiger partial charge in [-0.2, -0.15) is 0 Å². The van der Waals surface area contributed by atoms with Crippen LogP contribution in [0, 0.1) is 16.7 Å². The van der Waals surface area contributed by atoms with Crippen molar-refractivity contribution in [1.82, 2.24) is 0 Å². The van der Waals surface area contributed by atoms with Crippen molar-refractivity contribution in [1.29, 1.82) is 0 Å². The molecule has 0 radical (unpaired) electrons. The number of rotatable bonds is 3. The second-order valence-electron chi connectivity index (χ2n) is 7.74. The van der Waals surface area contributed by atoms with Crippen LogP contribution in [0.2, 0.25) is 0 Å². The lowest BCUT2D eigenvalue weighted by atomic mass is 9.67. The molecule has 3 rings (SSSR count). The van der Waals surface area contributed by atoms with Crippen molar-refractivity contribution in [2.45, 2.75) is 40.5 Å². The Morgan fingerprint density at radius 3 is 1.67 bits per heavy atom. The van der Waals surface area contributed by atoms with Crippen molar-refractivity contribution >= 4 is 19.2 Å². The van der Waals surface area contributed by atoms with Gasteiger partial charge in [0.2, 0.25) is 0 Å². The predicted molar refractivity (Wildman–Crippen MR) is 108 cm³/mol. The first-order valence-electron chi connectivity index (χ1n) is 8.87. The van der Waals surface area contributed by atoms with Gasteiger partial charge in [0.05, 0.1) is 0 Å². The molecule has 2 aromatic rings. The Morgan fingerprint density at radius 1 is 0.917 bits per heavy atom. The summed E-state index contributed by atoms with van der Waals surface area (Å²) in [7, 11) is 0.777. The molecule has 1 fully saturated rings. The number of hydrogen-bond donors (Lipinski definition) is 1. The minimum Gasteiger partial charge on any atom is -0.396 e. The lowest BCUT2D eigenvalue weighted by molar-refractivity contribution is 0.0298. The minimum atomic E-state index is 0.159. The van der Waals surface area contributed by atoms with E-state index in [4.69, 9.17) is 0 Å². The van der Waals surface area contributed by atoms with Crippen LogP contribution in [0.25, 0.3) is 0 Å². The number of aliphatic hydroxyl groups is 1. The molecule has 1 saturated carbocycles. The van der Waals surface area contributed by atoms with Gasteiger partial charge in [-0.15, -0.1) is 0 Å². The van der Waals surface area contributed by atoms with Crippen LogP contribution in [0.1, 0.15) is 40.5 Å². The van der Waals surface area contributed by atoms with Gasteiger partial charge in [-0.25, -0.2) is 0 Å². The first-order chi connectivity index (χ1) is 11.4. The maximum absolute atomic E-state index is 9.28. The van der Waals surface area contributed by atoms with Crippen molar-refractivity contribution in [3.63, 3.8) is 0 Å². The van der Waals surface area contributed by atoms with E-state index in [1.807, 2.05) is 0 Å². The molecule has 0 amide bonds. The third-order valence-corrected chi connectivity index (χ3v) is 7.35. The molecule has 2 atom stereocenters. The summed E-state index contributed by atoms with van der Waals surface area (Å²) in [5.41, 5.74) is 0.466. The fourth-order valence-electron chi connectivity index (χ4n) is 3.31. The Balaban J connectivity index is 0.000000177. The topological polar surface area (TPSA) is 20.2 Å². The van der Waals surface area contributed by atoms with Crippen molar-refractivity contribution in [2.75, 3.05) is 6.61 Å². The molecule has 1 N–H and O–H groups in total. The van der Waals surface area contributed by atoms with Crippen LogP contribution < -0.4 is 10.6 Å². The number of hydrogen-bond acceptors (Lipinski definition) is 1. The van der Waals surface area contributed by atoms with E-state index in [0.717, 1.165) is 14.5 Å². The molecule has 1 aliphatic carbocycles. The standard InChI is InChI=1S/C12H11P.C10H20O/c1-3-7-11(8-4-1)13-12-9-5-2-6-10-12;1-8-5-6-10(4,7-11)9(8,2)3/h1-10,13H;8,11H,5-7H2,1-4H3/t;8-,10-/m.0/s1. The van der Waals surface area contributed by atoms with E-state index in [1.165, 1.54) is 23.5 Å². The molecule has 1 nitrogen and oxygen atoms in total. The Morgan fingerprint density at radius 2 is 1.38 bits per heavy atom. The van der Waals surface area contributed by atoms with E-state index < -0.39 is 0 Å². The maximum Gasteiger partial charge on any atom is 0.0489 e. The summed E-state index contributed by atoms with van der Waals surface area (Å²) in [6, 6.07) is 21.2. The van der Waals surface area contributed by atoms with Crippen LogP contribution >= 0.6 is 8.58 Å². The van der Waals surface area contributed by atoms with E-state index >= 15 is 0 Å². The van der Waals surface area contributed by atoms with Gasteiger partial charge >= 0.3 is 0 Å². The van der Waals surface area contributed by atoms with Gasteiger partial charge in [-0.1, -0.05) is 96.9 Å². The predicted octanol–water partition coefficient (Wildman–Crippen LogP) is 4.76. The molecule has 0 bridgehead atoms. The normalized spacial score (nSPS) is 25.0. The molecule has 0 unspecified atom stereocenters. The summed E-state index contributed by atoms with van der Waals surface area (Å²) >= 11 is 0. The summed E-state index contributed by atoms with van der Waals surface area (Å²) in [5.74, 6) is 0.750. The van der Waals surface area contributed by atoms with Crippen LogP contribution in [0.3, 0.4) is 0 Å². The first kappa shape index (κ1) is 19.2. The third kappa shape index (κ3) is 4.47. The molecule has 0 spiro atoms. The summed E-state index contributed by atoms with van der Waals surface area (Å²) < 4.78 is 0. The van der Waals surface area contributed by atoms with Crippen LogP contribution in [0.5, 0.6) is 0 Å². The quantitative estimate of drug-likeness (QED) is 0.798. The summed E-state index contributed by atoms with van der Waals surface area (Å²) in [4.78, 5) is 0. The lowest BCUT2D eigenvalue weighted by Gasteiger charge is -2.39. The van der Waals surface area contributed by atoms with Gasteiger partial charge in [0.25, 0.3) is 0 Å². The average molecular weight is 342 g/mol. The van der Waals surface area contributed by atoms with E-state index in [9.17, 15) is 5.11 Å². The Hall–Kier alpha value is -1.17. The summed E-state index contributed by atoms with van der Waals surface area (Å²) in [5, 5.41) is 12.1. The van der Waals surface area contributed by atoms with E-state index in [-0.39, 0.29) is 5.41 Å². The number of aliphatic hydroxyl groups excluding tert-OH is 1. The largest absolute Gasteiger partial charge is 0.396 e. The van der Waals surface area contributed by atoms with Crippen LogP contribution in [-0.2, 0) is 0 Å². The zero-order valence-corrected chi connectivity index (χ0v) is 16.4. The third-order valence-electron chi connectivity index (χ3n) is 6.10. The molecule has 24 heavy (non-hydrogen) atoms. The molecule has 2 aromatic carbocycles. The van der Waals surface area contributed by atoms with Crippen LogP contribution in [0.15, 0.2) is 60.7 Å². The molecule has 130 valence electrons. The summed E-state index contributed by atoms with van der Waals surface area (Å²) in [6.07, 6.45) is 2.45. The van der Waals surface area contributed by atoms with Crippen LogP contribution in [-0.4, -0.2) is 11.7 Å². The van der Waals surface area contributed by atoms with Crippen molar-refractivity contribution in [3.8, 4) is 0 Å². The second kappa shape index (κ2) is 8.28. The zero-order valence-electron chi connectivity index (χ0n) is 15.4. The van der Waals surface area contributed by atoms with Gasteiger partial charge in [-0.3, -0.25) is 0 Å². The van der Waals surface area contributed by atoms with Crippen molar-refractivity contribution < 1.29 is 5.11 Å². The smallest absolute Gasteiger partial charge is 0.0489 e. The molecule has 1 aliphatic rings. The molecular formula is C22H31OP. The van der Waals surface area contributed by atoms with Gasteiger partial charge in [0.1, 0.15) is 0 Å². The Kier molecular flexibility index (Phi) is 6.61. The SMILES string of the molecule is C[C@H]1CC[C@@](C)(CO)C1(C)C.c1ccc(Pc2ccccc2)cc1. The number of benzene rings is 2. The minimum absolute atomic E-state index is 0.159. The highest BCUT2D eigenvalue weighted by Gasteiger charge is 2.48. The molecule has 2 heteroatoms. The van der Waals surface area contributed by atoms with E-state index in [1.54, 1.807) is 0 Å². The zero-order chi connectivity index (χ0) is 17.6. The average Bonchev–Trinajstić information content (AvgIpc) is 2.81. The van der Waals surface area contributed by atoms with Gasteiger partial charge in [-0.05, 0) is 40.2 Å².